The van der Waals surface area contributed by atoms with Gasteiger partial charge in [0.25, 0.3) is 0 Å². The van der Waals surface area contributed by atoms with E-state index in [0.29, 0.717) is 13.2 Å². The van der Waals surface area contributed by atoms with Crippen molar-refractivity contribution >= 4 is 25.5 Å². The maximum Gasteiger partial charge on any atom is 0.407 e. The maximum atomic E-state index is 11.4. The zero-order valence-electron chi connectivity index (χ0n) is 10.9. The van der Waals surface area contributed by atoms with Gasteiger partial charge >= 0.3 is 6.09 Å². The van der Waals surface area contributed by atoms with Gasteiger partial charge in [0.2, 0.25) is 0 Å². The van der Waals surface area contributed by atoms with Crippen molar-refractivity contribution in [2.75, 3.05) is 6.61 Å². The van der Waals surface area contributed by atoms with Gasteiger partial charge in [0.15, 0.2) is 0 Å². The van der Waals surface area contributed by atoms with Gasteiger partial charge in [-0.3, -0.25) is 0 Å². The van der Waals surface area contributed by atoms with Gasteiger partial charge in [-0.2, -0.15) is 0 Å². The molecule has 0 aliphatic heterocycles. The normalized spacial score (nSPS) is 11.3. The Labute approximate surface area is 107 Å². The van der Waals surface area contributed by atoms with Crippen LogP contribution in [0.4, 0.5) is 4.79 Å². The van der Waals surface area contributed by atoms with Crippen LogP contribution in [0.15, 0.2) is 5.38 Å². The van der Waals surface area contributed by atoms with E-state index < -0.39 is 8.07 Å². The van der Waals surface area contributed by atoms with Crippen molar-refractivity contribution in [1.82, 2.24) is 10.3 Å². The minimum atomic E-state index is -1.12. The molecule has 0 saturated carbocycles. The molecule has 0 spiro atoms. The van der Waals surface area contributed by atoms with Crippen LogP contribution in [0.1, 0.15) is 10.7 Å². The number of nitrogens with one attached hydrogen (secondary N) is 1. The van der Waals surface area contributed by atoms with Gasteiger partial charge < -0.3 is 10.1 Å². The van der Waals surface area contributed by atoms with Crippen molar-refractivity contribution in [3.8, 4) is 0 Å². The van der Waals surface area contributed by atoms with Crippen LogP contribution >= 0.6 is 11.3 Å². The van der Waals surface area contributed by atoms with Crippen LogP contribution < -0.4 is 5.32 Å². The lowest BCUT2D eigenvalue weighted by Crippen LogP contribution is -2.27. The maximum absolute atomic E-state index is 11.4. The molecular weight excluding hydrogens is 252 g/mol. The number of ether oxygens (including phenoxy) is 1. The number of aromatic nitrogens is 1. The van der Waals surface area contributed by atoms with E-state index >= 15 is 0 Å². The number of aryl methyl sites for hydroxylation is 1. The molecule has 0 bridgehead atoms. The lowest BCUT2D eigenvalue weighted by atomic mass is 10.5. The number of carbonyl (C=O) groups is 1. The summed E-state index contributed by atoms with van der Waals surface area (Å²) in [7, 11) is -1.12. The third-order valence-electron chi connectivity index (χ3n) is 2.17. The molecule has 0 aromatic carbocycles. The van der Waals surface area contributed by atoms with E-state index in [1.807, 2.05) is 12.3 Å². The third kappa shape index (κ3) is 6.43. The predicted octanol–water partition coefficient (Wildman–Crippen LogP) is 3.02. The second-order valence-corrected chi connectivity index (χ2v) is 11.8. The zero-order chi connectivity index (χ0) is 12.9. The average molecular weight is 272 g/mol. The highest BCUT2D eigenvalue weighted by Crippen LogP contribution is 2.08. The Balaban J connectivity index is 2.18. The molecule has 1 N–H and O–H groups in total. The first-order valence-electron chi connectivity index (χ1n) is 5.68. The molecule has 0 aliphatic carbocycles. The molecule has 17 heavy (non-hydrogen) atoms. The Morgan fingerprint density at radius 3 is 2.76 bits per heavy atom. The highest BCUT2D eigenvalue weighted by molar-refractivity contribution is 7.09. The lowest BCUT2D eigenvalue weighted by molar-refractivity contribution is 0.151. The molecule has 1 heterocycles. The van der Waals surface area contributed by atoms with Gasteiger partial charge in [-0.05, 0) is 13.0 Å². The van der Waals surface area contributed by atoms with E-state index in [1.54, 1.807) is 11.3 Å². The quantitative estimate of drug-likeness (QED) is 0.838. The van der Waals surface area contributed by atoms with Gasteiger partial charge in [-0.15, -0.1) is 11.3 Å². The summed E-state index contributed by atoms with van der Waals surface area (Å²) >= 11 is 1.58. The number of thiazole rings is 1. The zero-order valence-corrected chi connectivity index (χ0v) is 12.7. The molecular formula is C11H20N2O2SSi. The van der Waals surface area contributed by atoms with Crippen molar-refractivity contribution in [1.29, 1.82) is 0 Å². The number of hydrogen-bond donors (Lipinski definition) is 1. The monoisotopic (exact) mass is 272 g/mol. The molecule has 1 aromatic rings. The number of nitrogens with zero attached hydrogens (tertiary/aromatic N) is 1. The molecule has 96 valence electrons. The molecule has 0 atom stereocenters. The minimum Gasteiger partial charge on any atom is -0.450 e. The highest BCUT2D eigenvalue weighted by Gasteiger charge is 2.13. The summed E-state index contributed by atoms with van der Waals surface area (Å²) in [5.41, 5.74) is 0.884. The van der Waals surface area contributed by atoms with Crippen LogP contribution in [0.5, 0.6) is 0 Å². The Bertz CT molecular complexity index is 374. The third-order valence-corrected chi connectivity index (χ3v) is 4.69. The molecule has 0 saturated heterocycles. The number of hydrogen-bond acceptors (Lipinski definition) is 4. The topological polar surface area (TPSA) is 51.2 Å². The van der Waals surface area contributed by atoms with Crippen LogP contribution in [0.3, 0.4) is 0 Å². The molecule has 6 heteroatoms. The molecule has 1 rings (SSSR count). The summed E-state index contributed by atoms with van der Waals surface area (Å²) in [6.07, 6.45) is -0.353. The van der Waals surface area contributed by atoms with Crippen molar-refractivity contribution in [2.24, 2.45) is 0 Å². The summed E-state index contributed by atoms with van der Waals surface area (Å²) in [5, 5.41) is 5.65. The molecule has 0 aliphatic rings. The fourth-order valence-electron chi connectivity index (χ4n) is 1.15. The smallest absolute Gasteiger partial charge is 0.407 e. The van der Waals surface area contributed by atoms with Gasteiger partial charge in [-0.1, -0.05) is 19.6 Å². The van der Waals surface area contributed by atoms with Gasteiger partial charge in [-0.25, -0.2) is 9.78 Å². The highest BCUT2D eigenvalue weighted by atomic mass is 32.1. The summed E-state index contributed by atoms with van der Waals surface area (Å²) < 4.78 is 5.11. The Morgan fingerprint density at radius 2 is 2.24 bits per heavy atom. The summed E-state index contributed by atoms with van der Waals surface area (Å²) in [6.45, 7) is 9.67. The SMILES string of the molecule is Cc1nc(CNC(=O)OCC[Si](C)(C)C)cs1. The van der Waals surface area contributed by atoms with Crippen molar-refractivity contribution in [3.63, 3.8) is 0 Å². The number of carbonyl (C=O) groups excluding carboxylic acids is 1. The van der Waals surface area contributed by atoms with Crippen molar-refractivity contribution < 1.29 is 9.53 Å². The Morgan fingerprint density at radius 1 is 1.53 bits per heavy atom. The fourth-order valence-corrected chi connectivity index (χ4v) is 2.48. The fraction of sp³-hybridized carbons (Fsp3) is 0.636. The van der Waals surface area contributed by atoms with E-state index in [-0.39, 0.29) is 6.09 Å². The van der Waals surface area contributed by atoms with E-state index in [1.165, 1.54) is 0 Å². The average Bonchev–Trinajstić information content (AvgIpc) is 2.59. The number of amides is 1. The van der Waals surface area contributed by atoms with Crippen LogP contribution in [0.2, 0.25) is 25.7 Å². The van der Waals surface area contributed by atoms with E-state index in [9.17, 15) is 4.79 Å². The van der Waals surface area contributed by atoms with Gasteiger partial charge in [0.1, 0.15) is 0 Å². The van der Waals surface area contributed by atoms with Crippen molar-refractivity contribution in [2.45, 2.75) is 39.2 Å². The van der Waals surface area contributed by atoms with E-state index in [0.717, 1.165) is 16.7 Å². The summed E-state index contributed by atoms with van der Waals surface area (Å²) in [4.78, 5) is 15.6. The first kappa shape index (κ1) is 14.2. The molecule has 1 aromatic heterocycles. The van der Waals surface area contributed by atoms with Crippen molar-refractivity contribution in [3.05, 3.63) is 16.1 Å². The Hall–Kier alpha value is -0.883. The Kier molecular flexibility index (Phi) is 5.14. The lowest BCUT2D eigenvalue weighted by Gasteiger charge is -2.15. The second kappa shape index (κ2) is 6.16. The van der Waals surface area contributed by atoms with Gasteiger partial charge in [0.05, 0.1) is 23.9 Å². The molecule has 0 radical (unpaired) electrons. The summed E-state index contributed by atoms with van der Waals surface area (Å²) in [6, 6.07) is 0.996. The molecule has 0 fully saturated rings. The first-order valence-corrected chi connectivity index (χ1v) is 10.3. The number of rotatable bonds is 5. The standard InChI is InChI=1S/C11H20N2O2SSi/c1-9-13-10(8-16-9)7-12-11(14)15-5-6-17(2,3)4/h8H,5-7H2,1-4H3,(H,12,14). The molecule has 4 nitrogen and oxygen atoms in total. The predicted molar refractivity (Wildman–Crippen MR) is 73.2 cm³/mol. The molecule has 1 amide bonds. The summed E-state index contributed by atoms with van der Waals surface area (Å²) in [5.74, 6) is 0. The van der Waals surface area contributed by atoms with Crippen LogP contribution in [-0.4, -0.2) is 25.8 Å². The number of alkyl carbamates (subject to hydrolysis) is 1. The van der Waals surface area contributed by atoms with Crippen LogP contribution in [-0.2, 0) is 11.3 Å². The van der Waals surface area contributed by atoms with Gasteiger partial charge in [0, 0.05) is 13.5 Å². The largest absolute Gasteiger partial charge is 0.450 e. The minimum absolute atomic E-state index is 0.353. The first-order chi connectivity index (χ1) is 7.87. The second-order valence-electron chi connectivity index (χ2n) is 5.16. The molecule has 0 unspecified atom stereocenters. The van der Waals surface area contributed by atoms with E-state index in [2.05, 4.69) is 29.9 Å². The van der Waals surface area contributed by atoms with E-state index in [4.69, 9.17) is 4.74 Å². The van der Waals surface area contributed by atoms with Crippen LogP contribution in [0, 0.1) is 6.92 Å². The van der Waals surface area contributed by atoms with Crippen LogP contribution in [0.25, 0.3) is 0 Å².